The number of rotatable bonds is 7. The molecule has 4 aliphatic rings. The van der Waals surface area contributed by atoms with Crippen molar-refractivity contribution >= 4 is 52.5 Å². The predicted molar refractivity (Wildman–Crippen MR) is 163 cm³/mol. The Labute approximate surface area is 249 Å². The van der Waals surface area contributed by atoms with Gasteiger partial charge in [-0.1, -0.05) is 66.2 Å². The smallest absolute Gasteiger partial charge is 0.251 e. The molecule has 0 aromatic heterocycles. The molecule has 3 amide bonds. The van der Waals surface area contributed by atoms with Crippen LogP contribution in [-0.2, 0) is 14.4 Å². The molecule has 0 bridgehead atoms. The van der Waals surface area contributed by atoms with E-state index in [1.807, 2.05) is 67.6 Å². The van der Waals surface area contributed by atoms with E-state index in [-0.39, 0.29) is 29.6 Å². The van der Waals surface area contributed by atoms with Gasteiger partial charge in [-0.15, -0.1) is 11.8 Å². The lowest BCUT2D eigenvalue weighted by molar-refractivity contribution is -0.138. The number of carbonyl (C=O) groups excluding carboxylic acids is 3. The maximum Gasteiger partial charge on any atom is 0.251 e. The maximum atomic E-state index is 14.6. The second kappa shape index (κ2) is 11.3. The van der Waals surface area contributed by atoms with E-state index in [1.54, 1.807) is 32.5 Å². The molecule has 4 heterocycles. The first-order valence-electron chi connectivity index (χ1n) is 14.3. The lowest BCUT2D eigenvalue weighted by Crippen LogP contribution is -2.53. The highest BCUT2D eigenvalue weighted by atomic mass is 35.5. The quantitative estimate of drug-likeness (QED) is 0.376. The van der Waals surface area contributed by atoms with E-state index in [2.05, 4.69) is 6.08 Å². The summed E-state index contributed by atoms with van der Waals surface area (Å²) in [5.74, 6) is -1.67. The van der Waals surface area contributed by atoms with Crippen molar-refractivity contribution in [2.24, 2.45) is 11.8 Å². The number of benzene rings is 2. The number of fused-ring (bicyclic) bond motifs is 2. The van der Waals surface area contributed by atoms with Crippen molar-refractivity contribution < 1.29 is 19.5 Å². The van der Waals surface area contributed by atoms with Gasteiger partial charge in [0.25, 0.3) is 5.91 Å². The van der Waals surface area contributed by atoms with E-state index in [9.17, 15) is 19.5 Å². The molecule has 2 aromatic carbocycles. The third-order valence-electron chi connectivity index (χ3n) is 8.74. The van der Waals surface area contributed by atoms with Gasteiger partial charge >= 0.3 is 0 Å². The van der Waals surface area contributed by atoms with Crippen LogP contribution in [0.2, 0.25) is 5.02 Å². The topological polar surface area (TPSA) is 81.2 Å². The number of hydrogen-bond acceptors (Lipinski definition) is 5. The summed E-state index contributed by atoms with van der Waals surface area (Å²) in [4.78, 5) is 48.5. The fourth-order valence-electron chi connectivity index (χ4n) is 6.95. The van der Waals surface area contributed by atoms with Crippen molar-refractivity contribution in [3.05, 3.63) is 83.4 Å². The Morgan fingerprint density at radius 3 is 2.46 bits per heavy atom. The van der Waals surface area contributed by atoms with Crippen LogP contribution in [0.25, 0.3) is 0 Å². The summed E-state index contributed by atoms with van der Waals surface area (Å²) in [6.45, 7) is 3.17. The van der Waals surface area contributed by atoms with Crippen LogP contribution in [0.15, 0.2) is 72.8 Å². The fraction of sp³-hybridized carbons (Fsp3) is 0.406. The fourth-order valence-corrected chi connectivity index (χ4v) is 9.28. The lowest BCUT2D eigenvalue weighted by Gasteiger charge is -2.35. The normalized spacial score (nSPS) is 29.0. The second-order valence-corrected chi connectivity index (χ2v) is 13.0. The molecule has 0 radical (unpaired) electrons. The van der Waals surface area contributed by atoms with Gasteiger partial charge in [0, 0.05) is 37.2 Å². The summed E-state index contributed by atoms with van der Waals surface area (Å²) in [5.41, 5.74) is 2.33. The number of likely N-dealkylation sites (tertiary alicyclic amines) is 1. The van der Waals surface area contributed by atoms with E-state index in [4.69, 9.17) is 11.6 Å². The number of amides is 3. The zero-order chi connectivity index (χ0) is 28.7. The zero-order valence-electron chi connectivity index (χ0n) is 23.0. The molecular weight excluding hydrogens is 558 g/mol. The number of unbranched alkanes of at least 4 members (excludes halogenated alkanes) is 2. The van der Waals surface area contributed by atoms with Gasteiger partial charge in [-0.05, 0) is 49.9 Å². The van der Waals surface area contributed by atoms with Gasteiger partial charge in [0.2, 0.25) is 11.8 Å². The van der Waals surface area contributed by atoms with Crippen molar-refractivity contribution in [3.63, 3.8) is 0 Å². The van der Waals surface area contributed by atoms with E-state index < -0.39 is 22.6 Å². The molecule has 2 saturated heterocycles. The SMILES string of the molecule is Cc1cccc(Cl)c1N1CC=C[C@]23S[C@@H]4C=CCN(c5ccccc5)C(=O)[C@@H]4[C@H]2C(=O)N(CCCCCO)C3C1=O. The summed E-state index contributed by atoms with van der Waals surface area (Å²) in [6.07, 6.45) is 10.1. The average Bonchev–Trinajstić information content (AvgIpc) is 3.27. The molecule has 5 atom stereocenters. The number of para-hydroxylation sites is 2. The molecule has 1 unspecified atom stereocenters. The summed E-state index contributed by atoms with van der Waals surface area (Å²) in [5, 5.41) is 9.57. The summed E-state index contributed by atoms with van der Waals surface area (Å²) in [7, 11) is 0. The average molecular weight is 592 g/mol. The minimum Gasteiger partial charge on any atom is -0.396 e. The zero-order valence-corrected chi connectivity index (χ0v) is 24.6. The van der Waals surface area contributed by atoms with Crippen molar-refractivity contribution in [1.82, 2.24) is 4.90 Å². The molecule has 2 fully saturated rings. The molecule has 4 aliphatic heterocycles. The van der Waals surface area contributed by atoms with Crippen LogP contribution in [0.3, 0.4) is 0 Å². The number of nitrogens with zero attached hydrogens (tertiary/aromatic N) is 3. The monoisotopic (exact) mass is 591 g/mol. The van der Waals surface area contributed by atoms with Gasteiger partial charge in [-0.2, -0.15) is 0 Å². The van der Waals surface area contributed by atoms with E-state index in [0.29, 0.717) is 43.2 Å². The number of hydrogen-bond donors (Lipinski definition) is 1. The van der Waals surface area contributed by atoms with Crippen LogP contribution >= 0.6 is 23.4 Å². The van der Waals surface area contributed by atoms with Gasteiger partial charge in [-0.3, -0.25) is 14.4 Å². The Kier molecular flexibility index (Phi) is 7.74. The van der Waals surface area contributed by atoms with Crippen LogP contribution < -0.4 is 9.80 Å². The molecule has 0 saturated carbocycles. The van der Waals surface area contributed by atoms with Gasteiger partial charge in [0.15, 0.2) is 0 Å². The molecule has 2 aromatic rings. The van der Waals surface area contributed by atoms with Crippen molar-refractivity contribution in [1.29, 1.82) is 0 Å². The molecule has 9 heteroatoms. The molecule has 6 rings (SSSR count). The molecule has 1 spiro atoms. The van der Waals surface area contributed by atoms with E-state index in [0.717, 1.165) is 17.7 Å². The minimum absolute atomic E-state index is 0.0843. The third-order valence-corrected chi connectivity index (χ3v) is 10.8. The Morgan fingerprint density at radius 2 is 1.71 bits per heavy atom. The molecule has 214 valence electrons. The number of carbonyl (C=O) groups is 3. The third kappa shape index (κ3) is 4.60. The highest BCUT2D eigenvalue weighted by molar-refractivity contribution is 8.02. The Bertz CT molecular complexity index is 1390. The van der Waals surface area contributed by atoms with Crippen LogP contribution in [-0.4, -0.2) is 70.0 Å². The minimum atomic E-state index is -0.885. The summed E-state index contributed by atoms with van der Waals surface area (Å²) < 4.78 is -0.885. The first-order chi connectivity index (χ1) is 19.9. The maximum absolute atomic E-state index is 14.6. The van der Waals surface area contributed by atoms with Crippen LogP contribution in [0.4, 0.5) is 11.4 Å². The molecular formula is C32H34ClN3O4S. The number of aliphatic hydroxyl groups excluding tert-OH is 1. The first kappa shape index (κ1) is 28.1. The highest BCUT2D eigenvalue weighted by Crippen LogP contribution is 2.61. The van der Waals surface area contributed by atoms with Gasteiger partial charge < -0.3 is 19.8 Å². The largest absolute Gasteiger partial charge is 0.396 e. The molecule has 41 heavy (non-hydrogen) atoms. The summed E-state index contributed by atoms with van der Waals surface area (Å²) in [6, 6.07) is 14.3. The predicted octanol–water partition coefficient (Wildman–Crippen LogP) is 4.61. The van der Waals surface area contributed by atoms with Gasteiger partial charge in [0.1, 0.15) is 6.04 Å². The number of aryl methyl sites for hydroxylation is 1. The Morgan fingerprint density at radius 1 is 0.927 bits per heavy atom. The second-order valence-electron chi connectivity index (χ2n) is 11.1. The van der Waals surface area contributed by atoms with Crippen LogP contribution in [0.5, 0.6) is 0 Å². The number of halogens is 1. The van der Waals surface area contributed by atoms with E-state index in [1.165, 1.54) is 0 Å². The number of aliphatic hydroxyl groups is 1. The Balaban J connectivity index is 1.43. The lowest BCUT2D eigenvalue weighted by atomic mass is 9.78. The molecule has 1 N–H and O–H groups in total. The highest BCUT2D eigenvalue weighted by Gasteiger charge is 2.71. The van der Waals surface area contributed by atoms with Crippen LogP contribution in [0, 0.1) is 18.8 Å². The van der Waals surface area contributed by atoms with Crippen molar-refractivity contribution in [2.45, 2.75) is 42.2 Å². The van der Waals surface area contributed by atoms with Crippen molar-refractivity contribution in [2.75, 3.05) is 36.0 Å². The summed E-state index contributed by atoms with van der Waals surface area (Å²) >= 11 is 8.22. The molecule has 7 nitrogen and oxygen atoms in total. The van der Waals surface area contributed by atoms with Gasteiger partial charge in [0.05, 0.1) is 27.3 Å². The number of anilines is 2. The van der Waals surface area contributed by atoms with Gasteiger partial charge in [-0.25, -0.2) is 0 Å². The number of thioether (sulfide) groups is 1. The van der Waals surface area contributed by atoms with Crippen molar-refractivity contribution in [3.8, 4) is 0 Å². The van der Waals surface area contributed by atoms with Crippen LogP contribution in [0.1, 0.15) is 24.8 Å². The Hall–Kier alpha value is -3.07. The standard InChI is InChI=1S/C32H34ClN3O4S/c1-21-11-8-14-23(33)27(21)35-19-10-16-32-26(30(39)36(28(32)31(35)40)17-6-3-7-20-37)25-24(41-32)15-9-18-34(29(25)38)22-12-4-2-5-13-22/h2,4-5,8-16,24-26,28,37H,3,6-7,17-20H2,1H3/t24-,25+,26+,28?,32+/m1/s1. The molecule has 0 aliphatic carbocycles. The van der Waals surface area contributed by atoms with E-state index >= 15 is 0 Å². The first-order valence-corrected chi connectivity index (χ1v) is 15.5.